The van der Waals surface area contributed by atoms with Crippen molar-refractivity contribution in [3.63, 3.8) is 0 Å². The molecule has 0 aliphatic rings. The second-order valence-electron chi connectivity index (χ2n) is 7.80. The SMILES string of the molecule is C[CH2][Sn][CH2]c1ccc(-c2c(F)c(F)c(-c3cc[c]([Sn]([CH3])([CH3])[CH3])s3)c3nsnc23)s1. The van der Waals surface area contributed by atoms with Gasteiger partial charge in [-0.2, -0.15) is 0 Å². The van der Waals surface area contributed by atoms with E-state index in [0.29, 0.717) is 11.0 Å². The average molecular weight is 660 g/mol. The van der Waals surface area contributed by atoms with E-state index in [9.17, 15) is 0 Å². The van der Waals surface area contributed by atoms with Crippen molar-refractivity contribution < 1.29 is 8.78 Å². The Bertz CT molecular complexity index is 1170. The molecule has 0 saturated carbocycles. The predicted octanol–water partition coefficient (Wildman–Crippen LogP) is 6.61. The molecule has 0 bridgehead atoms. The van der Waals surface area contributed by atoms with Gasteiger partial charge in [0.1, 0.15) is 0 Å². The van der Waals surface area contributed by atoms with Crippen molar-refractivity contribution in [3.05, 3.63) is 40.8 Å². The number of benzene rings is 1. The third-order valence-electron chi connectivity index (χ3n) is 4.64. The third-order valence-corrected chi connectivity index (χ3v) is 20.8. The number of aromatic nitrogens is 2. The zero-order valence-electron chi connectivity index (χ0n) is 16.6. The molecule has 2 nitrogen and oxygen atoms in total. The Labute approximate surface area is 195 Å². The Morgan fingerprint density at radius 2 is 1.48 bits per heavy atom. The van der Waals surface area contributed by atoms with E-state index in [1.807, 2.05) is 12.1 Å². The maximum atomic E-state index is 15.4. The van der Waals surface area contributed by atoms with Gasteiger partial charge in [-0.25, -0.2) is 0 Å². The molecule has 4 rings (SSSR count). The van der Waals surface area contributed by atoms with Gasteiger partial charge in [0.15, 0.2) is 0 Å². The minimum absolute atomic E-state index is 0.263. The zero-order valence-corrected chi connectivity index (χ0v) is 24.8. The number of fused-ring (bicyclic) bond motifs is 1. The van der Waals surface area contributed by atoms with Crippen LogP contribution in [0.3, 0.4) is 0 Å². The van der Waals surface area contributed by atoms with Gasteiger partial charge in [-0.1, -0.05) is 0 Å². The second-order valence-corrected chi connectivity index (χ2v) is 30.4. The minimum atomic E-state index is -2.28. The molecule has 3 heterocycles. The molecule has 0 unspecified atom stereocenters. The van der Waals surface area contributed by atoms with Crippen LogP contribution in [0.2, 0.25) is 19.3 Å². The summed E-state index contributed by atoms with van der Waals surface area (Å²) in [5, 5.41) is 0. The fraction of sp³-hybridized carbons (Fsp3) is 0.300. The number of nitrogens with zero attached hydrogens (tertiary/aromatic N) is 2. The molecular weight excluding hydrogens is 640 g/mol. The van der Waals surface area contributed by atoms with E-state index in [1.54, 1.807) is 22.7 Å². The van der Waals surface area contributed by atoms with E-state index >= 15 is 8.78 Å². The van der Waals surface area contributed by atoms with Gasteiger partial charge in [0.25, 0.3) is 0 Å². The van der Waals surface area contributed by atoms with Gasteiger partial charge in [0.2, 0.25) is 0 Å². The maximum absolute atomic E-state index is 15.4. The van der Waals surface area contributed by atoms with E-state index in [-0.39, 0.29) is 32.3 Å². The van der Waals surface area contributed by atoms with Gasteiger partial charge in [-0.3, -0.25) is 0 Å². The standard InChI is InChI=1S/C15H6F2N2S3.C2H5.3CH3.2Sn/c1-7-4-5-9(21-7)11-13(17)12(16)10(8-3-2-6-20-8)14-15(11)19-22-18-14;1-2;;;;;/h2-5H,1H2;1H2,2H3;3*1H3;;. The van der Waals surface area contributed by atoms with E-state index in [1.165, 1.54) is 12.2 Å². The number of hydrogen-bond acceptors (Lipinski definition) is 5. The Morgan fingerprint density at radius 1 is 0.897 bits per heavy atom. The van der Waals surface area contributed by atoms with Gasteiger partial charge < -0.3 is 0 Å². The van der Waals surface area contributed by atoms with Crippen LogP contribution in [0.25, 0.3) is 31.9 Å². The summed E-state index contributed by atoms with van der Waals surface area (Å²) in [6.45, 7) is 2.22. The number of thiophene rings is 2. The molecular formula is C20H20F2N2S3Sn2. The molecule has 2 radical (unpaired) electrons. The topological polar surface area (TPSA) is 25.8 Å². The quantitative estimate of drug-likeness (QED) is 0.218. The molecule has 29 heavy (non-hydrogen) atoms. The number of hydrogen-bond donors (Lipinski definition) is 0. The first-order valence-electron chi connectivity index (χ1n) is 9.35. The molecule has 0 fully saturated rings. The van der Waals surface area contributed by atoms with Crippen LogP contribution in [0.15, 0.2) is 24.3 Å². The molecule has 1 aromatic carbocycles. The second kappa shape index (κ2) is 8.80. The Balaban J connectivity index is 1.87. The monoisotopic (exact) mass is 662 g/mol. The van der Waals surface area contributed by atoms with E-state index in [0.717, 1.165) is 25.9 Å². The molecule has 3 aromatic heterocycles. The fourth-order valence-electron chi connectivity index (χ4n) is 3.12. The van der Waals surface area contributed by atoms with Crippen LogP contribution in [0.4, 0.5) is 8.78 Å². The molecule has 0 amide bonds. The molecule has 4 aromatic rings. The zero-order chi connectivity index (χ0) is 20.8. The van der Waals surface area contributed by atoms with Crippen molar-refractivity contribution in [2.45, 2.75) is 30.6 Å². The average Bonchev–Trinajstić information content (AvgIpc) is 3.41. The summed E-state index contributed by atoms with van der Waals surface area (Å²) in [5.74, 6) is -1.61. The molecule has 0 aliphatic carbocycles. The van der Waals surface area contributed by atoms with Crippen LogP contribution in [0, 0.1) is 11.6 Å². The Hall–Kier alpha value is -0.103. The molecule has 0 spiro atoms. The summed E-state index contributed by atoms with van der Waals surface area (Å²) in [6.07, 6.45) is 0. The van der Waals surface area contributed by atoms with Crippen molar-refractivity contribution >= 4 is 87.8 Å². The van der Waals surface area contributed by atoms with Crippen LogP contribution in [0.1, 0.15) is 11.8 Å². The third kappa shape index (κ3) is 4.31. The van der Waals surface area contributed by atoms with Gasteiger partial charge >= 0.3 is 198 Å². The molecule has 0 atom stereocenters. The molecule has 150 valence electrons. The molecule has 9 heteroatoms. The van der Waals surface area contributed by atoms with Crippen molar-refractivity contribution in [2.24, 2.45) is 0 Å². The van der Waals surface area contributed by atoms with E-state index < -0.39 is 30.0 Å². The van der Waals surface area contributed by atoms with Gasteiger partial charge in [0.05, 0.1) is 0 Å². The first kappa shape index (κ1) is 22.1. The molecule has 0 saturated heterocycles. The van der Waals surface area contributed by atoms with Crippen molar-refractivity contribution in [3.8, 4) is 20.9 Å². The molecule has 0 aliphatic heterocycles. The van der Waals surface area contributed by atoms with Crippen molar-refractivity contribution in [1.82, 2.24) is 8.75 Å². The molecule has 0 N–H and O–H groups in total. The number of halogens is 2. The Morgan fingerprint density at radius 3 is 2.03 bits per heavy atom. The Kier molecular flexibility index (Phi) is 6.71. The fourth-order valence-corrected chi connectivity index (χ4v) is 14.0. The number of rotatable bonds is 6. The van der Waals surface area contributed by atoms with Crippen LogP contribution >= 0.6 is 34.4 Å². The summed E-state index contributed by atoms with van der Waals surface area (Å²) >= 11 is 1.49. The van der Waals surface area contributed by atoms with Crippen LogP contribution in [-0.4, -0.2) is 48.3 Å². The van der Waals surface area contributed by atoms with Gasteiger partial charge in [-0.05, 0) is 0 Å². The summed E-state index contributed by atoms with van der Waals surface area (Å²) in [4.78, 5) is 9.71. The van der Waals surface area contributed by atoms with E-state index in [4.69, 9.17) is 0 Å². The summed E-state index contributed by atoms with van der Waals surface area (Å²) in [7, 11) is 0. The predicted molar refractivity (Wildman–Crippen MR) is 127 cm³/mol. The normalized spacial score (nSPS) is 12.2. The van der Waals surface area contributed by atoms with Crippen LogP contribution < -0.4 is 2.89 Å². The summed E-state index contributed by atoms with van der Waals surface area (Å²) in [5.41, 5.74) is 1.47. The summed E-state index contributed by atoms with van der Waals surface area (Å²) < 4.78 is 43.2. The van der Waals surface area contributed by atoms with Crippen LogP contribution in [-0.2, 0) is 4.44 Å². The first-order valence-corrected chi connectivity index (χ1v) is 25.7. The van der Waals surface area contributed by atoms with Gasteiger partial charge in [-0.15, -0.1) is 0 Å². The van der Waals surface area contributed by atoms with Crippen molar-refractivity contribution in [2.75, 3.05) is 0 Å². The summed E-state index contributed by atoms with van der Waals surface area (Å²) in [6, 6.07) is 7.95. The van der Waals surface area contributed by atoms with Gasteiger partial charge in [0, 0.05) is 0 Å². The van der Waals surface area contributed by atoms with Crippen LogP contribution in [0.5, 0.6) is 0 Å². The van der Waals surface area contributed by atoms with Crippen molar-refractivity contribution in [1.29, 1.82) is 0 Å². The first-order chi connectivity index (χ1) is 13.8. The van der Waals surface area contributed by atoms with E-state index in [2.05, 4.69) is 42.6 Å².